The van der Waals surface area contributed by atoms with E-state index in [-0.39, 0.29) is 42.5 Å². The lowest BCUT2D eigenvalue weighted by Crippen LogP contribution is -2.37. The number of esters is 1. The van der Waals surface area contributed by atoms with Crippen molar-refractivity contribution in [3.8, 4) is 17.2 Å². The standard InChI is InChI=1S/2C21H24FN5O2.C12H12N2O2.C11H18FN3O.CH4/c2*1-3-27(11-12-29-18-5-4-8-24-20(18)22)10-9-25-21(28)17-7-6-16-14-23-13-15(2)19(16)26-17;1-3-16-12(15)10-5-4-9-7-13-6-8(2)11(9)14-10;1-2-15(7-5-13)8-9-16-10-4-3-6-14-11(10)12;/h2*4-8,13-14H,3,9-12H2,1-2H3,(H,25,28);4-7H,3H2,1-2H3;3-4,6H,2,5,7-9,13H2,1H3;1H4. The van der Waals surface area contributed by atoms with Crippen LogP contribution in [0.25, 0.3) is 32.7 Å². The number of fused-ring (bicyclic) bond motifs is 3. The first kappa shape index (κ1) is 72.3. The van der Waals surface area contributed by atoms with Crippen molar-refractivity contribution < 1.29 is 46.5 Å². The number of carbonyl (C=O) groups excluding carboxylic acids is 3. The number of aryl methyl sites for hydroxylation is 3. The maximum absolute atomic E-state index is 13.5. The van der Waals surface area contributed by atoms with Crippen LogP contribution in [-0.4, -0.2) is 182 Å². The van der Waals surface area contributed by atoms with Crippen LogP contribution < -0.4 is 30.6 Å². The number of ether oxygens (including phenoxy) is 4. The zero-order valence-electron chi connectivity index (χ0n) is 51.9. The molecule has 0 aliphatic rings. The van der Waals surface area contributed by atoms with E-state index >= 15 is 0 Å². The highest BCUT2D eigenvalue weighted by atomic mass is 19.1. The highest BCUT2D eigenvalue weighted by Crippen LogP contribution is 2.19. The lowest BCUT2D eigenvalue weighted by Gasteiger charge is -2.20. The molecule has 25 heteroatoms. The molecule has 0 saturated heterocycles. The smallest absolute Gasteiger partial charge is 0.356 e. The van der Waals surface area contributed by atoms with E-state index in [2.05, 4.69) is 77.1 Å². The number of nitrogens with two attached hydrogens (primary N) is 1. The molecule has 0 aliphatic carbocycles. The highest BCUT2D eigenvalue weighted by Gasteiger charge is 2.15. The predicted octanol–water partition coefficient (Wildman–Crippen LogP) is 8.84. The van der Waals surface area contributed by atoms with Crippen LogP contribution >= 0.6 is 0 Å². The van der Waals surface area contributed by atoms with Gasteiger partial charge in [0.15, 0.2) is 17.2 Å². The number of nitrogens with zero attached hydrogens (tertiary/aromatic N) is 12. The summed E-state index contributed by atoms with van der Waals surface area (Å²) in [6.07, 6.45) is 14.5. The Bertz CT molecular complexity index is 3570. The average molecular weight is 1250 g/mol. The summed E-state index contributed by atoms with van der Waals surface area (Å²) in [6.45, 7) is 23.2. The number of amides is 2. The van der Waals surface area contributed by atoms with E-state index < -0.39 is 17.8 Å². The number of hydrogen-bond donors (Lipinski definition) is 3. The van der Waals surface area contributed by atoms with Gasteiger partial charge in [0.05, 0.1) is 23.2 Å². The summed E-state index contributed by atoms with van der Waals surface area (Å²) < 4.78 is 61.1. The van der Waals surface area contributed by atoms with Crippen LogP contribution in [0.2, 0.25) is 0 Å². The molecular weight excluding hydrogens is 1170 g/mol. The van der Waals surface area contributed by atoms with E-state index in [4.69, 9.17) is 24.7 Å². The molecule has 91 heavy (non-hydrogen) atoms. The maximum atomic E-state index is 13.5. The van der Waals surface area contributed by atoms with Crippen LogP contribution in [-0.2, 0) is 4.74 Å². The number of nitrogens with one attached hydrogen (secondary N) is 2. The number of pyridine rings is 9. The van der Waals surface area contributed by atoms with E-state index in [9.17, 15) is 27.6 Å². The molecule has 9 rings (SSSR count). The summed E-state index contributed by atoms with van der Waals surface area (Å²) >= 11 is 0. The second kappa shape index (κ2) is 38.9. The molecule has 0 saturated carbocycles. The Morgan fingerprint density at radius 3 is 1.14 bits per heavy atom. The van der Waals surface area contributed by atoms with Crippen LogP contribution in [0.5, 0.6) is 17.2 Å². The van der Waals surface area contributed by atoms with Gasteiger partial charge < -0.3 is 35.3 Å². The summed E-state index contributed by atoms with van der Waals surface area (Å²) in [6, 6.07) is 20.2. The van der Waals surface area contributed by atoms with Crippen molar-refractivity contribution in [1.82, 2.24) is 70.2 Å². The van der Waals surface area contributed by atoms with Crippen molar-refractivity contribution >= 4 is 50.5 Å². The van der Waals surface area contributed by atoms with Gasteiger partial charge in [-0.2, -0.15) is 13.2 Å². The van der Waals surface area contributed by atoms with Gasteiger partial charge in [-0.1, -0.05) is 28.2 Å². The van der Waals surface area contributed by atoms with Crippen molar-refractivity contribution in [3.05, 3.63) is 180 Å². The summed E-state index contributed by atoms with van der Waals surface area (Å²) in [4.78, 5) is 78.9. The van der Waals surface area contributed by atoms with Gasteiger partial charge in [-0.25, -0.2) is 34.7 Å². The van der Waals surface area contributed by atoms with E-state index in [1.165, 1.54) is 18.6 Å². The Hall–Kier alpha value is -9.43. The molecule has 0 unspecified atom stereocenters. The molecule has 0 fully saturated rings. The van der Waals surface area contributed by atoms with Crippen molar-refractivity contribution in [1.29, 1.82) is 0 Å². The lowest BCUT2D eigenvalue weighted by molar-refractivity contribution is 0.0519. The third-order valence-corrected chi connectivity index (χ3v) is 13.7. The van der Waals surface area contributed by atoms with E-state index in [1.54, 1.807) is 98.7 Å². The normalized spacial score (nSPS) is 10.7. The highest BCUT2D eigenvalue weighted by molar-refractivity contribution is 5.96. The fourth-order valence-corrected chi connectivity index (χ4v) is 8.71. The van der Waals surface area contributed by atoms with E-state index in [0.717, 1.165) is 82.1 Å². The van der Waals surface area contributed by atoms with Gasteiger partial charge in [-0.15, -0.1) is 0 Å². The Labute approximate surface area is 529 Å². The number of hydrogen-bond acceptors (Lipinski definition) is 20. The fourth-order valence-electron chi connectivity index (χ4n) is 8.71. The topological polar surface area (TPSA) is 264 Å². The van der Waals surface area contributed by atoms with Crippen molar-refractivity contribution in [2.45, 2.75) is 55.9 Å². The molecule has 0 radical (unpaired) electrons. The van der Waals surface area contributed by atoms with Gasteiger partial charge in [0, 0.05) is 131 Å². The van der Waals surface area contributed by atoms with Gasteiger partial charge in [0.2, 0.25) is 0 Å². The zero-order chi connectivity index (χ0) is 64.6. The first-order valence-electron chi connectivity index (χ1n) is 29.6. The van der Waals surface area contributed by atoms with Crippen LogP contribution in [0.1, 0.15) is 83.3 Å². The number of likely N-dealkylation sites (N-methyl/N-ethyl adjacent to an activating group) is 3. The summed E-state index contributed by atoms with van der Waals surface area (Å²) in [5.41, 5.74) is 11.7. The van der Waals surface area contributed by atoms with Crippen LogP contribution in [0.15, 0.2) is 129 Å². The van der Waals surface area contributed by atoms with Crippen LogP contribution in [0.3, 0.4) is 0 Å². The second-order valence-corrected chi connectivity index (χ2v) is 19.9. The quantitative estimate of drug-likeness (QED) is 0.0320. The van der Waals surface area contributed by atoms with Crippen molar-refractivity contribution in [2.75, 3.05) is 105 Å². The Morgan fingerprint density at radius 1 is 0.473 bits per heavy atom. The molecular formula is C66H82F3N15O7. The van der Waals surface area contributed by atoms with Gasteiger partial charge in [0.1, 0.15) is 36.9 Å². The van der Waals surface area contributed by atoms with Crippen LogP contribution in [0.4, 0.5) is 13.2 Å². The molecule has 0 bridgehead atoms. The molecule has 0 spiro atoms. The summed E-state index contributed by atoms with van der Waals surface area (Å²) in [5, 5.41) is 8.53. The first-order chi connectivity index (χ1) is 43.7. The number of rotatable bonds is 27. The Morgan fingerprint density at radius 2 is 0.813 bits per heavy atom. The minimum absolute atomic E-state index is 0. The molecule has 9 aromatic heterocycles. The summed E-state index contributed by atoms with van der Waals surface area (Å²) in [7, 11) is 0. The SMILES string of the molecule is C.CCN(CCN)CCOc1cccnc1F.CCN(CCNC(=O)c1ccc2cncc(C)c2n1)CCOc1cccnc1F.CCN(CCNC(=O)c1ccc2cncc(C)c2n1)CCOc1cccnc1F.CCOC(=O)c1ccc2cncc(C)c2n1. The third-order valence-electron chi connectivity index (χ3n) is 13.7. The first-order valence-corrected chi connectivity index (χ1v) is 29.6. The van der Waals surface area contributed by atoms with Gasteiger partial charge >= 0.3 is 5.97 Å². The molecule has 0 atom stereocenters. The van der Waals surface area contributed by atoms with Crippen molar-refractivity contribution in [2.24, 2.45) is 5.73 Å². The molecule has 0 aliphatic heterocycles. The maximum Gasteiger partial charge on any atom is 0.356 e. The molecule has 9 heterocycles. The summed E-state index contributed by atoms with van der Waals surface area (Å²) in [5.74, 6) is -2.13. The Kier molecular flexibility index (Phi) is 30.9. The molecule has 0 aromatic carbocycles. The minimum atomic E-state index is -0.614. The van der Waals surface area contributed by atoms with Gasteiger partial charge in [0.25, 0.3) is 29.7 Å². The number of aromatic nitrogens is 9. The zero-order valence-corrected chi connectivity index (χ0v) is 51.9. The van der Waals surface area contributed by atoms with E-state index in [0.29, 0.717) is 89.3 Å². The molecule has 22 nitrogen and oxygen atoms in total. The number of halogens is 3. The van der Waals surface area contributed by atoms with Crippen LogP contribution in [0, 0.1) is 38.6 Å². The van der Waals surface area contributed by atoms with E-state index in [1.807, 2.05) is 52.8 Å². The molecule has 2 amide bonds. The third kappa shape index (κ3) is 23.2. The second-order valence-electron chi connectivity index (χ2n) is 19.9. The van der Waals surface area contributed by atoms with Gasteiger partial charge in [-0.3, -0.25) is 39.2 Å². The fraction of sp³-hybridized carbons (Fsp3) is 0.364. The van der Waals surface area contributed by atoms with Crippen molar-refractivity contribution in [3.63, 3.8) is 0 Å². The monoisotopic (exact) mass is 1250 g/mol. The minimum Gasteiger partial charge on any atom is -0.487 e. The average Bonchev–Trinajstić information content (AvgIpc) is 2.03. The number of carbonyl (C=O) groups is 3. The molecule has 9 aromatic rings. The predicted molar refractivity (Wildman–Crippen MR) is 345 cm³/mol. The van der Waals surface area contributed by atoms with Gasteiger partial charge in [-0.05, 0) is 137 Å². The molecule has 4 N–H and O–H groups in total. The largest absolute Gasteiger partial charge is 0.487 e. The lowest BCUT2D eigenvalue weighted by atomic mass is 10.2. The molecule has 484 valence electrons. The Balaban J connectivity index is 0.000000228.